The van der Waals surface area contributed by atoms with Crippen molar-refractivity contribution in [2.75, 3.05) is 13.7 Å². The predicted molar refractivity (Wildman–Crippen MR) is 73.6 cm³/mol. The Hall–Kier alpha value is -1.28. The van der Waals surface area contributed by atoms with Gasteiger partial charge in [-0.15, -0.1) is 0 Å². The van der Waals surface area contributed by atoms with Gasteiger partial charge >= 0.3 is 0 Å². The molecule has 0 fully saturated rings. The van der Waals surface area contributed by atoms with E-state index in [2.05, 4.69) is 44.3 Å². The molecule has 0 aliphatic carbocycles. The fourth-order valence-corrected chi connectivity index (χ4v) is 1.48. The highest BCUT2D eigenvalue weighted by Crippen LogP contribution is 2.13. The number of rotatable bonds is 6. The van der Waals surface area contributed by atoms with Crippen LogP contribution in [0, 0.1) is 0 Å². The number of likely N-dealkylation sites (N-methyl/N-ethyl adjacent to an activating group) is 1. The summed E-state index contributed by atoms with van der Waals surface area (Å²) in [5.41, 5.74) is 2.62. The van der Waals surface area contributed by atoms with E-state index in [1.807, 2.05) is 19.2 Å². The Labute approximate surface area is 105 Å². The first-order valence-corrected chi connectivity index (χ1v) is 6.14. The van der Waals surface area contributed by atoms with E-state index in [1.54, 1.807) is 0 Å². The van der Waals surface area contributed by atoms with E-state index >= 15 is 0 Å². The molecular weight excluding hydrogens is 210 g/mol. The maximum atomic E-state index is 5.61. The van der Waals surface area contributed by atoms with Gasteiger partial charge in [0.1, 0.15) is 12.4 Å². The van der Waals surface area contributed by atoms with Gasteiger partial charge in [-0.2, -0.15) is 0 Å². The quantitative estimate of drug-likeness (QED) is 0.762. The molecule has 2 heteroatoms. The van der Waals surface area contributed by atoms with Crippen LogP contribution in [-0.4, -0.2) is 19.7 Å². The van der Waals surface area contributed by atoms with Gasteiger partial charge in [0.15, 0.2) is 0 Å². The van der Waals surface area contributed by atoms with E-state index in [1.165, 1.54) is 11.1 Å². The van der Waals surface area contributed by atoms with E-state index in [-0.39, 0.29) is 0 Å². The molecule has 0 bridgehead atoms. The molecule has 0 saturated heterocycles. The van der Waals surface area contributed by atoms with Gasteiger partial charge in [-0.1, -0.05) is 17.7 Å². The largest absolute Gasteiger partial charge is 0.490 e. The molecule has 1 rings (SSSR count). The van der Waals surface area contributed by atoms with Crippen LogP contribution in [0.1, 0.15) is 26.3 Å². The summed E-state index contributed by atoms with van der Waals surface area (Å²) in [5.74, 6) is 0.934. The second-order valence-electron chi connectivity index (χ2n) is 4.63. The van der Waals surface area contributed by atoms with Crippen molar-refractivity contribution >= 4 is 0 Å². The molecule has 0 heterocycles. The van der Waals surface area contributed by atoms with Gasteiger partial charge in [-0.25, -0.2) is 0 Å². The summed E-state index contributed by atoms with van der Waals surface area (Å²) in [6.07, 6.45) is 3.13. The Bertz CT molecular complexity index is 350. The standard InChI is InChI=1S/C15H23NO/c1-12(2)9-10-17-15-7-5-14(6-8-15)11-13(3)16-4/h5-9,13,16H,10-11H2,1-4H3. The maximum Gasteiger partial charge on any atom is 0.119 e. The molecule has 0 amide bonds. The van der Waals surface area contributed by atoms with Crippen molar-refractivity contribution in [1.82, 2.24) is 5.32 Å². The van der Waals surface area contributed by atoms with Gasteiger partial charge in [0.2, 0.25) is 0 Å². The molecular formula is C15H23NO. The summed E-state index contributed by atoms with van der Waals surface area (Å²) >= 11 is 0. The minimum atomic E-state index is 0.507. The maximum absolute atomic E-state index is 5.61. The van der Waals surface area contributed by atoms with Crippen LogP contribution in [0.5, 0.6) is 5.75 Å². The topological polar surface area (TPSA) is 21.3 Å². The third-order valence-electron chi connectivity index (χ3n) is 2.70. The SMILES string of the molecule is CNC(C)Cc1ccc(OCC=C(C)C)cc1. The van der Waals surface area contributed by atoms with Crippen molar-refractivity contribution in [2.24, 2.45) is 0 Å². The van der Waals surface area contributed by atoms with Gasteiger partial charge in [0.05, 0.1) is 0 Å². The number of ether oxygens (including phenoxy) is 1. The zero-order valence-electron chi connectivity index (χ0n) is 11.3. The third-order valence-corrected chi connectivity index (χ3v) is 2.70. The van der Waals surface area contributed by atoms with Crippen molar-refractivity contribution in [3.05, 3.63) is 41.5 Å². The molecule has 1 aromatic rings. The Kier molecular flexibility index (Phi) is 5.78. The minimum Gasteiger partial charge on any atom is -0.490 e. The van der Waals surface area contributed by atoms with E-state index in [0.717, 1.165) is 12.2 Å². The fraction of sp³-hybridized carbons (Fsp3) is 0.467. The molecule has 2 nitrogen and oxygen atoms in total. The number of nitrogens with one attached hydrogen (secondary N) is 1. The molecule has 17 heavy (non-hydrogen) atoms. The summed E-state index contributed by atoms with van der Waals surface area (Å²) < 4.78 is 5.61. The molecule has 1 atom stereocenters. The highest BCUT2D eigenvalue weighted by atomic mass is 16.5. The van der Waals surface area contributed by atoms with Crippen LogP contribution in [-0.2, 0) is 6.42 Å². The van der Waals surface area contributed by atoms with Crippen LogP contribution in [0.2, 0.25) is 0 Å². The number of benzene rings is 1. The molecule has 0 aliphatic heterocycles. The van der Waals surface area contributed by atoms with Crippen molar-refractivity contribution < 1.29 is 4.74 Å². The summed E-state index contributed by atoms with van der Waals surface area (Å²) in [6.45, 7) is 6.98. The Morgan fingerprint density at radius 2 is 1.94 bits per heavy atom. The monoisotopic (exact) mass is 233 g/mol. The average molecular weight is 233 g/mol. The minimum absolute atomic E-state index is 0.507. The normalized spacial score (nSPS) is 12.0. The number of hydrogen-bond donors (Lipinski definition) is 1. The number of allylic oxidation sites excluding steroid dienone is 1. The van der Waals surface area contributed by atoms with Crippen LogP contribution in [0.15, 0.2) is 35.9 Å². The highest BCUT2D eigenvalue weighted by molar-refractivity contribution is 5.28. The number of hydrogen-bond acceptors (Lipinski definition) is 2. The lowest BCUT2D eigenvalue weighted by atomic mass is 10.1. The van der Waals surface area contributed by atoms with Gasteiger partial charge in [0, 0.05) is 6.04 Å². The molecule has 0 aromatic heterocycles. The zero-order chi connectivity index (χ0) is 12.7. The molecule has 0 spiro atoms. The van der Waals surface area contributed by atoms with Gasteiger partial charge in [-0.3, -0.25) is 0 Å². The van der Waals surface area contributed by atoms with Crippen molar-refractivity contribution in [1.29, 1.82) is 0 Å². The molecule has 0 radical (unpaired) electrons. The Morgan fingerprint density at radius 1 is 1.29 bits per heavy atom. The predicted octanol–water partition coefficient (Wildman–Crippen LogP) is 3.18. The summed E-state index contributed by atoms with van der Waals surface area (Å²) in [7, 11) is 1.99. The smallest absolute Gasteiger partial charge is 0.119 e. The molecule has 1 unspecified atom stereocenters. The van der Waals surface area contributed by atoms with Crippen molar-refractivity contribution in [3.8, 4) is 5.75 Å². The summed E-state index contributed by atoms with van der Waals surface area (Å²) in [5, 5.41) is 3.24. The lowest BCUT2D eigenvalue weighted by molar-refractivity contribution is 0.362. The van der Waals surface area contributed by atoms with Crippen LogP contribution in [0.4, 0.5) is 0 Å². The first-order valence-electron chi connectivity index (χ1n) is 6.14. The van der Waals surface area contributed by atoms with Gasteiger partial charge in [-0.05, 0) is 58.0 Å². The van der Waals surface area contributed by atoms with E-state index in [0.29, 0.717) is 12.6 Å². The molecule has 0 saturated carbocycles. The highest BCUT2D eigenvalue weighted by Gasteiger charge is 2.00. The van der Waals surface area contributed by atoms with Crippen LogP contribution < -0.4 is 10.1 Å². The zero-order valence-corrected chi connectivity index (χ0v) is 11.3. The second-order valence-corrected chi connectivity index (χ2v) is 4.63. The summed E-state index contributed by atoms with van der Waals surface area (Å²) in [4.78, 5) is 0. The fourth-order valence-electron chi connectivity index (χ4n) is 1.48. The molecule has 0 aliphatic rings. The van der Waals surface area contributed by atoms with E-state index in [9.17, 15) is 0 Å². The van der Waals surface area contributed by atoms with Gasteiger partial charge in [0.25, 0.3) is 0 Å². The van der Waals surface area contributed by atoms with Crippen LogP contribution in [0.3, 0.4) is 0 Å². The Morgan fingerprint density at radius 3 is 2.47 bits per heavy atom. The van der Waals surface area contributed by atoms with Crippen molar-refractivity contribution in [2.45, 2.75) is 33.2 Å². The first-order chi connectivity index (χ1) is 8.11. The van der Waals surface area contributed by atoms with Crippen LogP contribution >= 0.6 is 0 Å². The summed E-state index contributed by atoms with van der Waals surface area (Å²) in [6, 6.07) is 8.84. The molecule has 1 aromatic carbocycles. The third kappa shape index (κ3) is 5.55. The van der Waals surface area contributed by atoms with E-state index in [4.69, 9.17) is 4.74 Å². The Balaban J connectivity index is 2.47. The first kappa shape index (κ1) is 13.8. The lowest BCUT2D eigenvalue weighted by Crippen LogP contribution is -2.23. The lowest BCUT2D eigenvalue weighted by Gasteiger charge is -2.10. The average Bonchev–Trinajstić information content (AvgIpc) is 2.31. The molecule has 94 valence electrons. The molecule has 1 N–H and O–H groups in total. The van der Waals surface area contributed by atoms with Gasteiger partial charge < -0.3 is 10.1 Å². The van der Waals surface area contributed by atoms with Crippen molar-refractivity contribution in [3.63, 3.8) is 0 Å². The van der Waals surface area contributed by atoms with E-state index < -0.39 is 0 Å². The van der Waals surface area contributed by atoms with Crippen LogP contribution in [0.25, 0.3) is 0 Å². The second kappa shape index (κ2) is 7.13.